The Morgan fingerprint density at radius 2 is 1.95 bits per heavy atom. The van der Waals surface area contributed by atoms with Crippen molar-refractivity contribution in [3.8, 4) is 0 Å². The van der Waals surface area contributed by atoms with Crippen molar-refractivity contribution >= 4 is 11.7 Å². The third-order valence-electron chi connectivity index (χ3n) is 3.92. The molecule has 0 bridgehead atoms. The Balaban J connectivity index is 2.00. The second-order valence-electron chi connectivity index (χ2n) is 5.49. The molecule has 2 rings (SSSR count). The zero-order chi connectivity index (χ0) is 16.3. The van der Waals surface area contributed by atoms with Crippen LogP contribution in [0.3, 0.4) is 0 Å². The van der Waals surface area contributed by atoms with Crippen LogP contribution in [-0.2, 0) is 13.6 Å². The van der Waals surface area contributed by atoms with Crippen molar-refractivity contribution in [2.45, 2.75) is 33.4 Å². The van der Waals surface area contributed by atoms with E-state index in [9.17, 15) is 4.79 Å². The summed E-state index contributed by atoms with van der Waals surface area (Å²) in [4.78, 5) is 10.8. The van der Waals surface area contributed by atoms with Gasteiger partial charge in [0, 0.05) is 36.6 Å². The fourth-order valence-corrected chi connectivity index (χ4v) is 2.44. The fourth-order valence-electron chi connectivity index (χ4n) is 2.44. The van der Waals surface area contributed by atoms with Gasteiger partial charge in [-0.3, -0.25) is 4.68 Å². The second kappa shape index (κ2) is 6.62. The lowest BCUT2D eigenvalue weighted by molar-refractivity contribution is 0.259. The summed E-state index contributed by atoms with van der Waals surface area (Å²) in [6.45, 7) is 6.98. The molecular formula is C16H23N5O. The SMILES string of the molecule is Cc1nn(C)c(C)c1CNC(C)c1ccc(NC(N)=O)cc1. The van der Waals surface area contributed by atoms with Gasteiger partial charge < -0.3 is 16.4 Å². The molecule has 0 fully saturated rings. The molecule has 0 aliphatic carbocycles. The zero-order valence-electron chi connectivity index (χ0n) is 13.5. The molecule has 6 heteroatoms. The molecule has 0 aliphatic rings. The summed E-state index contributed by atoms with van der Waals surface area (Å²) in [5.74, 6) is 0. The van der Waals surface area contributed by atoms with Crippen LogP contribution in [0.25, 0.3) is 0 Å². The average molecular weight is 301 g/mol. The van der Waals surface area contributed by atoms with Crippen molar-refractivity contribution in [3.05, 3.63) is 46.8 Å². The highest BCUT2D eigenvalue weighted by Crippen LogP contribution is 2.18. The van der Waals surface area contributed by atoms with E-state index in [4.69, 9.17) is 5.73 Å². The number of nitrogens with two attached hydrogens (primary N) is 1. The molecule has 1 aromatic heterocycles. The Hall–Kier alpha value is -2.34. The predicted molar refractivity (Wildman–Crippen MR) is 87.6 cm³/mol. The van der Waals surface area contributed by atoms with E-state index in [-0.39, 0.29) is 6.04 Å². The second-order valence-corrected chi connectivity index (χ2v) is 5.49. The maximum atomic E-state index is 10.8. The van der Waals surface area contributed by atoms with Gasteiger partial charge in [-0.1, -0.05) is 12.1 Å². The summed E-state index contributed by atoms with van der Waals surface area (Å²) in [6, 6.07) is 7.29. The van der Waals surface area contributed by atoms with Crippen LogP contribution in [0.2, 0.25) is 0 Å². The van der Waals surface area contributed by atoms with E-state index in [1.54, 1.807) is 0 Å². The Labute approximate surface area is 130 Å². The number of primary amides is 1. The number of hydrogen-bond acceptors (Lipinski definition) is 3. The number of benzene rings is 1. The maximum Gasteiger partial charge on any atom is 0.316 e. The quantitative estimate of drug-likeness (QED) is 0.792. The van der Waals surface area contributed by atoms with Gasteiger partial charge in [-0.2, -0.15) is 5.10 Å². The number of aromatic nitrogens is 2. The van der Waals surface area contributed by atoms with Crippen LogP contribution < -0.4 is 16.4 Å². The third kappa shape index (κ3) is 3.65. The minimum Gasteiger partial charge on any atom is -0.351 e. The molecular weight excluding hydrogens is 278 g/mol. The summed E-state index contributed by atoms with van der Waals surface area (Å²) in [5.41, 5.74) is 10.4. The Kier molecular flexibility index (Phi) is 4.82. The molecule has 4 N–H and O–H groups in total. The van der Waals surface area contributed by atoms with Gasteiger partial charge in [0.25, 0.3) is 0 Å². The van der Waals surface area contributed by atoms with Gasteiger partial charge in [0.05, 0.1) is 5.69 Å². The number of carbonyl (C=O) groups is 1. The van der Waals surface area contributed by atoms with Crippen molar-refractivity contribution < 1.29 is 4.79 Å². The lowest BCUT2D eigenvalue weighted by Crippen LogP contribution is -2.20. The van der Waals surface area contributed by atoms with E-state index in [2.05, 4.69) is 29.6 Å². The Morgan fingerprint density at radius 3 is 2.45 bits per heavy atom. The number of aryl methyl sites for hydroxylation is 2. The summed E-state index contributed by atoms with van der Waals surface area (Å²) >= 11 is 0. The van der Waals surface area contributed by atoms with E-state index in [1.165, 1.54) is 11.3 Å². The van der Waals surface area contributed by atoms with Gasteiger partial charge in [0.1, 0.15) is 0 Å². The molecule has 2 aromatic rings. The van der Waals surface area contributed by atoms with Crippen LogP contribution in [-0.4, -0.2) is 15.8 Å². The van der Waals surface area contributed by atoms with Crippen LogP contribution >= 0.6 is 0 Å². The predicted octanol–water partition coefficient (Wildman–Crippen LogP) is 2.38. The highest BCUT2D eigenvalue weighted by Gasteiger charge is 2.11. The average Bonchev–Trinajstić information content (AvgIpc) is 2.70. The fraction of sp³-hybridized carbons (Fsp3) is 0.375. The number of nitrogens with zero attached hydrogens (tertiary/aromatic N) is 2. The topological polar surface area (TPSA) is 85.0 Å². The van der Waals surface area contributed by atoms with Crippen LogP contribution in [0.5, 0.6) is 0 Å². The van der Waals surface area contributed by atoms with Crippen LogP contribution in [0.1, 0.15) is 35.5 Å². The van der Waals surface area contributed by atoms with Crippen molar-refractivity contribution in [1.29, 1.82) is 0 Å². The largest absolute Gasteiger partial charge is 0.351 e. The molecule has 1 unspecified atom stereocenters. The number of nitrogens with one attached hydrogen (secondary N) is 2. The molecule has 0 radical (unpaired) electrons. The number of hydrogen-bond donors (Lipinski definition) is 3. The molecule has 22 heavy (non-hydrogen) atoms. The molecule has 1 heterocycles. The lowest BCUT2D eigenvalue weighted by Gasteiger charge is -2.15. The minimum absolute atomic E-state index is 0.196. The number of anilines is 1. The van der Waals surface area contributed by atoms with Crippen LogP contribution in [0.15, 0.2) is 24.3 Å². The smallest absolute Gasteiger partial charge is 0.316 e. The number of urea groups is 1. The molecule has 0 saturated heterocycles. The minimum atomic E-state index is -0.554. The first-order valence-electron chi connectivity index (χ1n) is 7.27. The molecule has 0 aliphatic heterocycles. The molecule has 118 valence electrons. The van der Waals surface area contributed by atoms with Gasteiger partial charge in [-0.25, -0.2) is 4.79 Å². The van der Waals surface area contributed by atoms with E-state index < -0.39 is 6.03 Å². The molecule has 6 nitrogen and oxygen atoms in total. The lowest BCUT2D eigenvalue weighted by atomic mass is 10.1. The van der Waals surface area contributed by atoms with Crippen molar-refractivity contribution in [1.82, 2.24) is 15.1 Å². The van der Waals surface area contributed by atoms with E-state index >= 15 is 0 Å². The molecule has 2 amide bonds. The first kappa shape index (κ1) is 16.0. The molecule has 0 saturated carbocycles. The summed E-state index contributed by atoms with van der Waals surface area (Å²) in [5, 5.41) is 10.5. The molecule has 1 atom stereocenters. The zero-order valence-corrected chi connectivity index (χ0v) is 13.5. The number of rotatable bonds is 5. The van der Waals surface area contributed by atoms with E-state index in [0.29, 0.717) is 5.69 Å². The number of amides is 2. The van der Waals surface area contributed by atoms with E-state index in [0.717, 1.165) is 17.8 Å². The molecule has 1 aromatic carbocycles. The Morgan fingerprint density at radius 1 is 1.32 bits per heavy atom. The summed E-state index contributed by atoms with van der Waals surface area (Å²) in [7, 11) is 1.96. The standard InChI is InChI=1S/C16H23N5O/c1-10(13-5-7-14(8-6-13)19-16(17)22)18-9-15-11(2)20-21(4)12(15)3/h5-8,10,18H,9H2,1-4H3,(H3,17,19,22). The van der Waals surface area contributed by atoms with Gasteiger partial charge in [-0.15, -0.1) is 0 Å². The van der Waals surface area contributed by atoms with Crippen molar-refractivity contribution in [2.75, 3.05) is 5.32 Å². The van der Waals surface area contributed by atoms with Crippen molar-refractivity contribution in [2.24, 2.45) is 12.8 Å². The highest BCUT2D eigenvalue weighted by atomic mass is 16.2. The van der Waals surface area contributed by atoms with Gasteiger partial charge in [0.2, 0.25) is 0 Å². The third-order valence-corrected chi connectivity index (χ3v) is 3.92. The summed E-state index contributed by atoms with van der Waals surface area (Å²) < 4.78 is 1.90. The van der Waals surface area contributed by atoms with Gasteiger partial charge >= 0.3 is 6.03 Å². The summed E-state index contributed by atoms with van der Waals surface area (Å²) in [6.07, 6.45) is 0. The monoisotopic (exact) mass is 301 g/mol. The van der Waals surface area contributed by atoms with Crippen LogP contribution in [0.4, 0.5) is 10.5 Å². The Bertz CT molecular complexity index is 660. The van der Waals surface area contributed by atoms with Crippen molar-refractivity contribution in [3.63, 3.8) is 0 Å². The first-order chi connectivity index (χ1) is 10.4. The normalized spacial score (nSPS) is 12.2. The van der Waals surface area contributed by atoms with E-state index in [1.807, 2.05) is 42.9 Å². The highest BCUT2D eigenvalue weighted by molar-refractivity contribution is 5.87. The maximum absolute atomic E-state index is 10.8. The molecule has 0 spiro atoms. The first-order valence-corrected chi connectivity index (χ1v) is 7.27. The van der Waals surface area contributed by atoms with Gasteiger partial charge in [0.15, 0.2) is 0 Å². The van der Waals surface area contributed by atoms with Crippen LogP contribution in [0, 0.1) is 13.8 Å². The number of carbonyl (C=O) groups excluding carboxylic acids is 1. The van der Waals surface area contributed by atoms with Gasteiger partial charge in [-0.05, 0) is 38.5 Å².